The first-order valence-corrected chi connectivity index (χ1v) is 4.85. The highest BCUT2D eigenvalue weighted by molar-refractivity contribution is 5.85. The number of rotatable bonds is 2. The predicted octanol–water partition coefficient (Wildman–Crippen LogP) is -0.681. The normalized spacial score (nSPS) is 30.6. The molecule has 0 bridgehead atoms. The Bertz CT molecular complexity index is 226. The largest absolute Gasteiger partial charge is 0.391 e. The zero-order valence-electron chi connectivity index (χ0n) is 7.70. The van der Waals surface area contributed by atoms with Crippen molar-refractivity contribution in [1.29, 1.82) is 0 Å². The molecule has 0 aromatic rings. The van der Waals surface area contributed by atoms with E-state index in [4.69, 9.17) is 5.73 Å². The van der Waals surface area contributed by atoms with E-state index in [2.05, 4.69) is 0 Å². The van der Waals surface area contributed by atoms with Crippen LogP contribution in [0.5, 0.6) is 0 Å². The second-order valence-corrected chi connectivity index (χ2v) is 4.18. The molecule has 0 spiro atoms. The highest BCUT2D eigenvalue weighted by Crippen LogP contribution is 2.46. The lowest BCUT2D eigenvalue weighted by Crippen LogP contribution is -2.39. The molecule has 3 N–H and O–H groups in total. The number of aliphatic hydroxyl groups excluding tert-OH is 1. The minimum Gasteiger partial charge on any atom is -0.391 e. The van der Waals surface area contributed by atoms with E-state index in [1.54, 1.807) is 4.90 Å². The molecule has 1 aliphatic carbocycles. The van der Waals surface area contributed by atoms with Gasteiger partial charge < -0.3 is 15.7 Å². The summed E-state index contributed by atoms with van der Waals surface area (Å²) >= 11 is 0. The summed E-state index contributed by atoms with van der Waals surface area (Å²) in [6, 6.07) is 0. The number of carbonyl (C=O) groups is 1. The van der Waals surface area contributed by atoms with Crippen molar-refractivity contribution in [3.05, 3.63) is 0 Å². The fraction of sp³-hybridized carbons (Fsp3) is 0.889. The molecule has 0 radical (unpaired) electrons. The molecule has 0 aromatic heterocycles. The molecule has 1 amide bonds. The highest BCUT2D eigenvalue weighted by atomic mass is 16.3. The molecule has 1 aliphatic heterocycles. The van der Waals surface area contributed by atoms with Crippen LogP contribution < -0.4 is 5.73 Å². The van der Waals surface area contributed by atoms with E-state index in [0.717, 1.165) is 12.8 Å². The Morgan fingerprint density at radius 1 is 1.62 bits per heavy atom. The summed E-state index contributed by atoms with van der Waals surface area (Å²) in [5.41, 5.74) is 5.32. The van der Waals surface area contributed by atoms with Gasteiger partial charge in [-0.25, -0.2) is 0 Å². The van der Waals surface area contributed by atoms with Gasteiger partial charge in [-0.1, -0.05) is 0 Å². The Morgan fingerprint density at radius 3 is 2.69 bits per heavy atom. The molecule has 4 heteroatoms. The molecular weight excluding hydrogens is 168 g/mol. The second-order valence-electron chi connectivity index (χ2n) is 4.18. The van der Waals surface area contributed by atoms with Crippen LogP contribution in [0.25, 0.3) is 0 Å². The van der Waals surface area contributed by atoms with Crippen LogP contribution in [0, 0.1) is 5.41 Å². The first kappa shape index (κ1) is 8.97. The smallest absolute Gasteiger partial charge is 0.230 e. The topological polar surface area (TPSA) is 66.6 Å². The van der Waals surface area contributed by atoms with Crippen LogP contribution >= 0.6 is 0 Å². The van der Waals surface area contributed by atoms with E-state index >= 15 is 0 Å². The standard InChI is InChI=1S/C9H16N2O2/c10-6-9(2-3-9)8(13)11-4-1-7(12)5-11/h7,12H,1-6,10H2/t7-/m0/s1. The van der Waals surface area contributed by atoms with E-state index < -0.39 is 0 Å². The highest BCUT2D eigenvalue weighted by Gasteiger charge is 2.51. The number of hydrogen-bond donors (Lipinski definition) is 2. The van der Waals surface area contributed by atoms with E-state index in [1.165, 1.54) is 0 Å². The Labute approximate surface area is 77.7 Å². The lowest BCUT2D eigenvalue weighted by atomic mass is 10.1. The van der Waals surface area contributed by atoms with Crippen LogP contribution in [0.1, 0.15) is 19.3 Å². The van der Waals surface area contributed by atoms with Gasteiger partial charge in [0.25, 0.3) is 0 Å². The summed E-state index contributed by atoms with van der Waals surface area (Å²) in [5.74, 6) is 0.159. The van der Waals surface area contributed by atoms with Crippen molar-refractivity contribution in [2.75, 3.05) is 19.6 Å². The first-order valence-electron chi connectivity index (χ1n) is 4.85. The maximum Gasteiger partial charge on any atom is 0.230 e. The van der Waals surface area contributed by atoms with Gasteiger partial charge in [0, 0.05) is 19.6 Å². The molecular formula is C9H16N2O2. The molecule has 1 saturated heterocycles. The Hall–Kier alpha value is -0.610. The number of aliphatic hydroxyl groups is 1. The molecule has 4 nitrogen and oxygen atoms in total. The number of hydrogen-bond acceptors (Lipinski definition) is 3. The maximum absolute atomic E-state index is 11.8. The summed E-state index contributed by atoms with van der Waals surface area (Å²) in [7, 11) is 0. The molecule has 0 unspecified atom stereocenters. The fourth-order valence-electron chi connectivity index (χ4n) is 1.92. The molecule has 1 heterocycles. The van der Waals surface area contributed by atoms with Crippen molar-refractivity contribution in [3.8, 4) is 0 Å². The van der Waals surface area contributed by atoms with E-state index in [0.29, 0.717) is 26.1 Å². The Balaban J connectivity index is 1.98. The third-order valence-electron chi connectivity index (χ3n) is 3.15. The average Bonchev–Trinajstić information content (AvgIpc) is 2.82. The molecule has 74 valence electrons. The number of nitrogens with two attached hydrogens (primary N) is 1. The molecule has 1 atom stereocenters. The minimum atomic E-state index is -0.322. The number of amides is 1. The number of nitrogens with zero attached hydrogens (tertiary/aromatic N) is 1. The molecule has 1 saturated carbocycles. The zero-order valence-corrected chi connectivity index (χ0v) is 7.70. The third-order valence-corrected chi connectivity index (χ3v) is 3.15. The lowest BCUT2D eigenvalue weighted by Gasteiger charge is -2.21. The third kappa shape index (κ3) is 1.44. The van der Waals surface area contributed by atoms with Crippen LogP contribution in [0.4, 0.5) is 0 Å². The van der Waals surface area contributed by atoms with Crippen molar-refractivity contribution in [2.45, 2.75) is 25.4 Å². The SMILES string of the molecule is NCC1(C(=O)N2CC[C@H](O)C2)CC1. The Morgan fingerprint density at radius 2 is 2.31 bits per heavy atom. The first-order chi connectivity index (χ1) is 6.18. The van der Waals surface area contributed by atoms with E-state index in [1.807, 2.05) is 0 Å². The summed E-state index contributed by atoms with van der Waals surface area (Å²) in [5, 5.41) is 9.28. The summed E-state index contributed by atoms with van der Waals surface area (Å²) in [4.78, 5) is 13.6. The van der Waals surface area contributed by atoms with Gasteiger partial charge in [0.05, 0.1) is 11.5 Å². The van der Waals surface area contributed by atoms with Crippen molar-refractivity contribution in [1.82, 2.24) is 4.90 Å². The molecule has 0 aromatic carbocycles. The molecule has 2 rings (SSSR count). The number of likely N-dealkylation sites (tertiary alicyclic amines) is 1. The van der Waals surface area contributed by atoms with Crippen LogP contribution in [-0.2, 0) is 4.79 Å². The van der Waals surface area contributed by atoms with Crippen molar-refractivity contribution >= 4 is 5.91 Å². The minimum absolute atomic E-state index is 0.159. The monoisotopic (exact) mass is 184 g/mol. The van der Waals surface area contributed by atoms with Gasteiger partial charge in [-0.15, -0.1) is 0 Å². The van der Waals surface area contributed by atoms with Gasteiger partial charge in [0.1, 0.15) is 0 Å². The van der Waals surface area contributed by atoms with Crippen molar-refractivity contribution < 1.29 is 9.90 Å². The number of β-amino-alcohol motifs (C(OH)–C–C–N with tert-alkyl or cyclic N) is 1. The van der Waals surface area contributed by atoms with Crippen molar-refractivity contribution in [2.24, 2.45) is 11.1 Å². The lowest BCUT2D eigenvalue weighted by molar-refractivity contribution is -0.135. The van der Waals surface area contributed by atoms with Gasteiger partial charge in [0.15, 0.2) is 0 Å². The van der Waals surface area contributed by atoms with E-state index in [-0.39, 0.29) is 17.4 Å². The zero-order chi connectivity index (χ0) is 9.47. The quantitative estimate of drug-likeness (QED) is 0.597. The molecule has 2 fully saturated rings. The van der Waals surface area contributed by atoms with Gasteiger partial charge in [-0.2, -0.15) is 0 Å². The fourth-order valence-corrected chi connectivity index (χ4v) is 1.92. The summed E-state index contributed by atoms with van der Waals surface area (Å²) < 4.78 is 0. The van der Waals surface area contributed by atoms with Crippen LogP contribution in [0.3, 0.4) is 0 Å². The van der Waals surface area contributed by atoms with Crippen molar-refractivity contribution in [3.63, 3.8) is 0 Å². The van der Waals surface area contributed by atoms with Gasteiger partial charge in [-0.05, 0) is 19.3 Å². The van der Waals surface area contributed by atoms with E-state index in [9.17, 15) is 9.90 Å². The number of carbonyl (C=O) groups excluding carboxylic acids is 1. The maximum atomic E-state index is 11.8. The molecule has 13 heavy (non-hydrogen) atoms. The second kappa shape index (κ2) is 2.96. The van der Waals surface area contributed by atoms with Gasteiger partial charge in [-0.3, -0.25) is 4.79 Å². The van der Waals surface area contributed by atoms with Crippen LogP contribution in [0.15, 0.2) is 0 Å². The molecule has 2 aliphatic rings. The predicted molar refractivity (Wildman–Crippen MR) is 47.9 cm³/mol. The van der Waals surface area contributed by atoms with Crippen LogP contribution in [-0.4, -0.2) is 41.7 Å². The van der Waals surface area contributed by atoms with Crippen LogP contribution in [0.2, 0.25) is 0 Å². The van der Waals surface area contributed by atoms with Gasteiger partial charge in [0.2, 0.25) is 5.91 Å². The Kier molecular flexibility index (Phi) is 2.04. The summed E-state index contributed by atoms with van der Waals surface area (Å²) in [6.45, 7) is 1.65. The van der Waals surface area contributed by atoms with Gasteiger partial charge >= 0.3 is 0 Å². The summed E-state index contributed by atoms with van der Waals surface area (Å²) in [6.07, 6.45) is 2.24. The average molecular weight is 184 g/mol.